The van der Waals surface area contributed by atoms with Crippen LogP contribution in [0, 0.1) is 13.8 Å². The lowest BCUT2D eigenvalue weighted by atomic mass is 9.96. The smallest absolute Gasteiger partial charge is 0.265 e. The number of hydrogen-bond acceptors (Lipinski definition) is 4. The van der Waals surface area contributed by atoms with Crippen LogP contribution in [0.5, 0.6) is 0 Å². The number of carbonyl (C=O) groups is 1. The number of aryl methyl sites for hydroxylation is 2. The number of para-hydroxylation sites is 1. The van der Waals surface area contributed by atoms with Crippen molar-refractivity contribution in [1.82, 2.24) is 0 Å². The normalized spacial score (nSPS) is 14.1. The van der Waals surface area contributed by atoms with Crippen molar-refractivity contribution in [2.45, 2.75) is 18.7 Å². The minimum Gasteiger partial charge on any atom is -0.456 e. The zero-order chi connectivity index (χ0) is 24.3. The van der Waals surface area contributed by atoms with Crippen molar-refractivity contribution in [2.75, 3.05) is 16.2 Å². The summed E-state index contributed by atoms with van der Waals surface area (Å²) in [6, 6.07) is 24.0. The van der Waals surface area contributed by atoms with E-state index in [1.807, 2.05) is 68.4 Å². The van der Waals surface area contributed by atoms with E-state index in [1.165, 1.54) is 4.31 Å². The lowest BCUT2D eigenvalue weighted by Crippen LogP contribution is -2.40. The molecule has 0 fully saturated rings. The van der Waals surface area contributed by atoms with Gasteiger partial charge in [0.05, 0.1) is 10.6 Å². The van der Waals surface area contributed by atoms with Gasteiger partial charge in [0.25, 0.3) is 10.0 Å². The summed E-state index contributed by atoms with van der Waals surface area (Å²) in [5.74, 6) is -0.437. The molecule has 1 aliphatic heterocycles. The number of hydrogen-bond donors (Lipinski definition) is 1. The zero-order valence-corrected chi connectivity index (χ0v) is 20.0. The predicted octanol–water partition coefficient (Wildman–Crippen LogP) is 6.02. The van der Waals surface area contributed by atoms with Gasteiger partial charge in [-0.15, -0.1) is 0 Å². The monoisotopic (exact) mass is 482 g/mol. The molecule has 6 rings (SSSR count). The molecule has 0 atom stereocenters. The molecule has 6 nitrogen and oxygen atoms in total. The molecule has 0 unspecified atom stereocenters. The maximum Gasteiger partial charge on any atom is 0.265 e. The third kappa shape index (κ3) is 3.39. The maximum atomic E-state index is 13.6. The van der Waals surface area contributed by atoms with Gasteiger partial charge in [0.1, 0.15) is 17.7 Å². The molecule has 5 aromatic rings. The van der Waals surface area contributed by atoms with Gasteiger partial charge in [-0.3, -0.25) is 9.10 Å². The fourth-order valence-corrected chi connectivity index (χ4v) is 6.57. The number of anilines is 2. The summed E-state index contributed by atoms with van der Waals surface area (Å²) in [5, 5.41) is 4.80. The third-order valence-corrected chi connectivity index (χ3v) is 8.22. The fraction of sp³-hybridized carbons (Fsp3) is 0.107. The Balaban J connectivity index is 1.36. The highest BCUT2D eigenvalue weighted by Gasteiger charge is 2.36. The SMILES string of the molecule is Cc1cc(C)c2c(c1)N(CC(=O)Nc1ccc3c(c1)oc1ccccc13)S(=O)(=O)c1ccccc1-2. The van der Waals surface area contributed by atoms with Gasteiger partial charge in [-0.25, -0.2) is 8.42 Å². The van der Waals surface area contributed by atoms with E-state index in [-0.39, 0.29) is 11.4 Å². The molecule has 0 aliphatic carbocycles. The van der Waals surface area contributed by atoms with Gasteiger partial charge < -0.3 is 9.73 Å². The summed E-state index contributed by atoms with van der Waals surface area (Å²) in [6.07, 6.45) is 0. The summed E-state index contributed by atoms with van der Waals surface area (Å²) in [7, 11) is -3.92. The molecular formula is C28H22N2O4S. The number of amides is 1. The van der Waals surface area contributed by atoms with Crippen LogP contribution in [0.15, 0.2) is 88.2 Å². The number of benzene rings is 4. The molecule has 7 heteroatoms. The van der Waals surface area contributed by atoms with Crippen LogP contribution in [0.4, 0.5) is 11.4 Å². The standard InChI is InChI=1S/C28H22N2O4S/c1-17-13-18(2)28-22-8-4-6-10-26(22)35(32,33)30(23(28)14-17)16-27(31)29-19-11-12-21-20-7-3-5-9-24(20)34-25(21)15-19/h3-15H,16H2,1-2H3,(H,29,31). The van der Waals surface area contributed by atoms with E-state index in [1.54, 1.807) is 24.3 Å². The summed E-state index contributed by atoms with van der Waals surface area (Å²) in [5.41, 5.74) is 5.86. The lowest BCUT2D eigenvalue weighted by Gasteiger charge is -2.33. The molecule has 4 aromatic carbocycles. The van der Waals surface area contributed by atoms with Gasteiger partial charge >= 0.3 is 0 Å². The van der Waals surface area contributed by atoms with Crippen LogP contribution >= 0.6 is 0 Å². The van der Waals surface area contributed by atoms with E-state index in [2.05, 4.69) is 5.32 Å². The molecule has 35 heavy (non-hydrogen) atoms. The molecule has 1 N–H and O–H groups in total. The first-order chi connectivity index (χ1) is 16.8. The van der Waals surface area contributed by atoms with Gasteiger partial charge in [-0.2, -0.15) is 0 Å². The summed E-state index contributed by atoms with van der Waals surface area (Å²) in [4.78, 5) is 13.3. The molecule has 1 aliphatic rings. The Morgan fingerprint density at radius 1 is 0.886 bits per heavy atom. The molecular weight excluding hydrogens is 460 g/mol. The second kappa shape index (κ2) is 7.71. The molecule has 1 amide bonds. The van der Waals surface area contributed by atoms with Crippen LogP contribution in [-0.2, 0) is 14.8 Å². The highest BCUT2D eigenvalue weighted by molar-refractivity contribution is 7.93. The first-order valence-electron chi connectivity index (χ1n) is 11.3. The summed E-state index contributed by atoms with van der Waals surface area (Å²) in [6.45, 7) is 3.54. The van der Waals surface area contributed by atoms with E-state index in [0.717, 1.165) is 33.0 Å². The van der Waals surface area contributed by atoms with E-state index in [0.29, 0.717) is 22.5 Å². The predicted molar refractivity (Wildman–Crippen MR) is 138 cm³/mol. The lowest BCUT2D eigenvalue weighted by molar-refractivity contribution is -0.114. The number of carbonyl (C=O) groups excluding carboxylic acids is 1. The van der Waals surface area contributed by atoms with Crippen LogP contribution in [0.2, 0.25) is 0 Å². The number of fused-ring (bicyclic) bond motifs is 6. The van der Waals surface area contributed by atoms with Crippen molar-refractivity contribution in [1.29, 1.82) is 0 Å². The van der Waals surface area contributed by atoms with Crippen molar-refractivity contribution < 1.29 is 17.6 Å². The molecule has 0 bridgehead atoms. The van der Waals surface area contributed by atoms with Crippen molar-refractivity contribution in [3.05, 3.63) is 90.0 Å². The largest absolute Gasteiger partial charge is 0.456 e. The Hall–Kier alpha value is -4.10. The van der Waals surface area contributed by atoms with Crippen LogP contribution in [-0.4, -0.2) is 20.9 Å². The van der Waals surface area contributed by atoms with Gasteiger partial charge in [0, 0.05) is 33.7 Å². The Labute approximate surface area is 202 Å². The molecule has 1 aromatic heterocycles. The van der Waals surface area contributed by atoms with Crippen LogP contribution in [0.25, 0.3) is 33.1 Å². The Kier molecular flexibility index (Phi) is 4.72. The van der Waals surface area contributed by atoms with Crippen LogP contribution < -0.4 is 9.62 Å². The number of rotatable bonds is 3. The van der Waals surface area contributed by atoms with E-state index >= 15 is 0 Å². The van der Waals surface area contributed by atoms with Gasteiger partial charge in [-0.05, 0) is 55.3 Å². The molecule has 0 saturated carbocycles. The van der Waals surface area contributed by atoms with E-state index < -0.39 is 15.9 Å². The van der Waals surface area contributed by atoms with Crippen molar-refractivity contribution in [3.8, 4) is 11.1 Å². The maximum absolute atomic E-state index is 13.6. The average Bonchev–Trinajstić information content (AvgIpc) is 3.19. The third-order valence-electron chi connectivity index (χ3n) is 6.40. The van der Waals surface area contributed by atoms with Crippen molar-refractivity contribution in [2.24, 2.45) is 0 Å². The first kappa shape index (κ1) is 21.4. The summed E-state index contributed by atoms with van der Waals surface area (Å²) >= 11 is 0. The second-order valence-electron chi connectivity index (χ2n) is 8.84. The van der Waals surface area contributed by atoms with Gasteiger partial charge in [0.15, 0.2) is 0 Å². The zero-order valence-electron chi connectivity index (χ0n) is 19.2. The quantitative estimate of drug-likeness (QED) is 0.341. The molecule has 0 spiro atoms. The summed E-state index contributed by atoms with van der Waals surface area (Å²) < 4.78 is 34.3. The Bertz CT molecular complexity index is 1770. The van der Waals surface area contributed by atoms with Crippen molar-refractivity contribution >= 4 is 49.2 Å². The fourth-order valence-electron chi connectivity index (χ4n) is 4.94. The minimum absolute atomic E-state index is 0.205. The number of nitrogens with zero attached hydrogens (tertiary/aromatic N) is 1. The van der Waals surface area contributed by atoms with Crippen LogP contribution in [0.1, 0.15) is 11.1 Å². The number of nitrogens with one attached hydrogen (secondary N) is 1. The van der Waals surface area contributed by atoms with Gasteiger partial charge in [-0.1, -0.05) is 42.5 Å². The average molecular weight is 483 g/mol. The van der Waals surface area contributed by atoms with Crippen molar-refractivity contribution in [3.63, 3.8) is 0 Å². The Morgan fingerprint density at radius 2 is 1.63 bits per heavy atom. The van der Waals surface area contributed by atoms with Crippen LogP contribution in [0.3, 0.4) is 0 Å². The molecule has 0 radical (unpaired) electrons. The topological polar surface area (TPSA) is 79.6 Å². The molecule has 174 valence electrons. The molecule has 2 heterocycles. The minimum atomic E-state index is -3.92. The Morgan fingerprint density at radius 3 is 2.49 bits per heavy atom. The first-order valence-corrected chi connectivity index (χ1v) is 12.7. The second-order valence-corrected chi connectivity index (χ2v) is 10.7. The van der Waals surface area contributed by atoms with Gasteiger partial charge in [0.2, 0.25) is 5.91 Å². The number of sulfonamides is 1. The highest BCUT2D eigenvalue weighted by Crippen LogP contribution is 2.45. The highest BCUT2D eigenvalue weighted by atomic mass is 32.2. The van der Waals surface area contributed by atoms with E-state index in [9.17, 15) is 13.2 Å². The van der Waals surface area contributed by atoms with E-state index in [4.69, 9.17) is 4.42 Å². The number of furan rings is 1. The molecule has 0 saturated heterocycles.